The highest BCUT2D eigenvalue weighted by Crippen LogP contribution is 2.25. The molecule has 1 aliphatic rings. The molecule has 0 aromatic carbocycles. The van der Waals surface area contributed by atoms with Gasteiger partial charge >= 0.3 is 0 Å². The van der Waals surface area contributed by atoms with Gasteiger partial charge in [0.15, 0.2) is 0 Å². The van der Waals surface area contributed by atoms with Crippen LogP contribution in [-0.2, 0) is 4.79 Å². The Labute approximate surface area is 92.6 Å². The fraction of sp³-hybridized carbons (Fsp3) is 0.769. The van der Waals surface area contributed by atoms with Crippen molar-refractivity contribution < 1.29 is 4.79 Å². The summed E-state index contributed by atoms with van der Waals surface area (Å²) in [5, 5.41) is 0. The van der Waals surface area contributed by atoms with Gasteiger partial charge in [0.2, 0.25) is 0 Å². The Morgan fingerprint density at radius 1 is 1.40 bits per heavy atom. The molecule has 0 bridgehead atoms. The molecule has 2 N–H and O–H groups in total. The first-order valence-electron chi connectivity index (χ1n) is 5.67. The Bertz CT molecular complexity index is 290. The molecule has 15 heavy (non-hydrogen) atoms. The molecule has 2 nitrogen and oxygen atoms in total. The lowest BCUT2D eigenvalue weighted by atomic mass is 9.96. The van der Waals surface area contributed by atoms with Crippen molar-refractivity contribution in [2.75, 3.05) is 0 Å². The summed E-state index contributed by atoms with van der Waals surface area (Å²) in [4.78, 5) is 11.7. The van der Waals surface area contributed by atoms with E-state index < -0.39 is 0 Å². The molecule has 0 spiro atoms. The van der Waals surface area contributed by atoms with Gasteiger partial charge in [-0.3, -0.25) is 4.79 Å². The van der Waals surface area contributed by atoms with Crippen LogP contribution in [0.2, 0.25) is 0 Å². The van der Waals surface area contributed by atoms with Crippen LogP contribution in [0.5, 0.6) is 0 Å². The molecule has 0 radical (unpaired) electrons. The Balaban J connectivity index is 2.39. The van der Waals surface area contributed by atoms with Gasteiger partial charge in [0, 0.05) is 17.4 Å². The van der Waals surface area contributed by atoms with E-state index in [1.54, 1.807) is 0 Å². The summed E-state index contributed by atoms with van der Waals surface area (Å²) in [6.07, 6.45) is 3.20. The van der Waals surface area contributed by atoms with E-state index >= 15 is 0 Å². The van der Waals surface area contributed by atoms with Crippen LogP contribution in [0, 0.1) is 23.2 Å². The summed E-state index contributed by atoms with van der Waals surface area (Å²) in [6, 6.07) is 0.231. The second-order valence-electron chi connectivity index (χ2n) is 5.46. The number of hydrogen-bond acceptors (Lipinski definition) is 2. The lowest BCUT2D eigenvalue weighted by Gasteiger charge is -2.08. The van der Waals surface area contributed by atoms with E-state index in [2.05, 4.69) is 32.6 Å². The third-order valence-corrected chi connectivity index (χ3v) is 2.65. The maximum Gasteiger partial charge on any atom is 0.147 e. The first-order chi connectivity index (χ1) is 6.88. The Kier molecular flexibility index (Phi) is 3.93. The molecule has 2 heteroatoms. The summed E-state index contributed by atoms with van der Waals surface area (Å²) < 4.78 is 0. The zero-order chi connectivity index (χ0) is 11.5. The second kappa shape index (κ2) is 4.81. The normalized spacial score (nSPS) is 25.9. The molecule has 0 aromatic heterocycles. The topological polar surface area (TPSA) is 43.1 Å². The van der Waals surface area contributed by atoms with Gasteiger partial charge in [0.25, 0.3) is 0 Å². The molecule has 1 saturated carbocycles. The molecule has 1 aliphatic carbocycles. The predicted molar refractivity (Wildman–Crippen MR) is 62.2 cm³/mol. The number of nitrogens with two attached hydrogens (primary N) is 1. The van der Waals surface area contributed by atoms with Gasteiger partial charge in [0.05, 0.1) is 6.42 Å². The molecule has 0 saturated heterocycles. The second-order valence-corrected chi connectivity index (χ2v) is 5.46. The van der Waals surface area contributed by atoms with Gasteiger partial charge in [-0.15, -0.1) is 0 Å². The molecule has 0 amide bonds. The average molecular weight is 207 g/mol. The van der Waals surface area contributed by atoms with Gasteiger partial charge in [-0.25, -0.2) is 0 Å². The van der Waals surface area contributed by atoms with Crippen LogP contribution in [-0.4, -0.2) is 11.8 Å². The zero-order valence-corrected chi connectivity index (χ0v) is 9.97. The molecule has 0 aromatic rings. The van der Waals surface area contributed by atoms with Gasteiger partial charge in [-0.05, 0) is 40.0 Å². The molecule has 1 rings (SSSR count). The van der Waals surface area contributed by atoms with Crippen LogP contribution in [0.3, 0.4) is 0 Å². The van der Waals surface area contributed by atoms with Crippen molar-refractivity contribution >= 4 is 5.78 Å². The minimum atomic E-state index is -0.00758. The van der Waals surface area contributed by atoms with Crippen LogP contribution < -0.4 is 5.73 Å². The van der Waals surface area contributed by atoms with E-state index in [1.165, 1.54) is 0 Å². The summed E-state index contributed by atoms with van der Waals surface area (Å²) in [7, 11) is 0. The largest absolute Gasteiger partial charge is 0.328 e. The number of carbonyl (C=O) groups is 1. The fourth-order valence-electron chi connectivity index (χ4n) is 1.85. The summed E-state index contributed by atoms with van der Waals surface area (Å²) in [5.41, 5.74) is 5.77. The van der Waals surface area contributed by atoms with Gasteiger partial charge in [-0.1, -0.05) is 11.8 Å². The van der Waals surface area contributed by atoms with Crippen molar-refractivity contribution in [3.63, 3.8) is 0 Å². The van der Waals surface area contributed by atoms with E-state index in [-0.39, 0.29) is 23.2 Å². The van der Waals surface area contributed by atoms with Crippen LogP contribution in [0.25, 0.3) is 0 Å². The molecule has 0 aliphatic heterocycles. The number of Topliss-reactive ketones (excluding diaryl/α,β-unsaturated/α-hetero) is 1. The molecule has 2 unspecified atom stereocenters. The summed E-state index contributed by atoms with van der Waals surface area (Å²) >= 11 is 0. The van der Waals surface area contributed by atoms with Crippen molar-refractivity contribution in [1.82, 2.24) is 0 Å². The molecular formula is C13H21NO. The minimum Gasteiger partial charge on any atom is -0.328 e. The highest BCUT2D eigenvalue weighted by atomic mass is 16.1. The first kappa shape index (κ1) is 12.3. The van der Waals surface area contributed by atoms with Crippen molar-refractivity contribution in [2.45, 2.75) is 52.5 Å². The molecule has 2 atom stereocenters. The molecule has 1 fully saturated rings. The van der Waals surface area contributed by atoms with Crippen molar-refractivity contribution in [3.05, 3.63) is 0 Å². The van der Waals surface area contributed by atoms with Crippen LogP contribution in [0.1, 0.15) is 46.5 Å². The smallest absolute Gasteiger partial charge is 0.147 e. The van der Waals surface area contributed by atoms with E-state index in [1.807, 2.05) is 0 Å². The monoisotopic (exact) mass is 207 g/mol. The number of hydrogen-bond donors (Lipinski definition) is 1. The fourth-order valence-corrected chi connectivity index (χ4v) is 1.85. The third kappa shape index (κ3) is 4.48. The van der Waals surface area contributed by atoms with Crippen molar-refractivity contribution in [2.24, 2.45) is 17.1 Å². The number of rotatable bonds is 2. The number of ketones is 1. The highest BCUT2D eigenvalue weighted by molar-refractivity contribution is 5.83. The third-order valence-electron chi connectivity index (χ3n) is 2.65. The quantitative estimate of drug-likeness (QED) is 0.705. The minimum absolute atomic E-state index is 0.00758. The van der Waals surface area contributed by atoms with E-state index in [0.717, 1.165) is 19.3 Å². The van der Waals surface area contributed by atoms with E-state index in [4.69, 9.17) is 5.73 Å². The SMILES string of the molecule is CC(C)(C)C#CCC(=O)C1CCC(N)C1. The van der Waals surface area contributed by atoms with Gasteiger partial charge in [0.1, 0.15) is 5.78 Å². The van der Waals surface area contributed by atoms with Crippen LogP contribution >= 0.6 is 0 Å². The summed E-state index contributed by atoms with van der Waals surface area (Å²) in [6.45, 7) is 6.15. The van der Waals surface area contributed by atoms with E-state index in [0.29, 0.717) is 6.42 Å². The number of carbonyl (C=O) groups excluding carboxylic acids is 1. The first-order valence-corrected chi connectivity index (χ1v) is 5.67. The predicted octanol–water partition coefficient (Wildman–Crippen LogP) is 2.12. The zero-order valence-electron chi connectivity index (χ0n) is 9.97. The lowest BCUT2D eigenvalue weighted by Crippen LogP contribution is -2.17. The van der Waals surface area contributed by atoms with Gasteiger partial charge in [-0.2, -0.15) is 0 Å². The Morgan fingerprint density at radius 2 is 2.07 bits per heavy atom. The highest BCUT2D eigenvalue weighted by Gasteiger charge is 2.26. The van der Waals surface area contributed by atoms with Crippen LogP contribution in [0.15, 0.2) is 0 Å². The molecule has 0 heterocycles. The standard InChI is InChI=1S/C13H21NO/c1-13(2,3)8-4-5-12(15)10-6-7-11(14)9-10/h10-11H,5-7,9,14H2,1-3H3. The van der Waals surface area contributed by atoms with Crippen molar-refractivity contribution in [1.29, 1.82) is 0 Å². The Morgan fingerprint density at radius 3 is 2.53 bits per heavy atom. The molecular weight excluding hydrogens is 186 g/mol. The van der Waals surface area contributed by atoms with E-state index in [9.17, 15) is 4.79 Å². The van der Waals surface area contributed by atoms with Crippen LogP contribution in [0.4, 0.5) is 0 Å². The average Bonchev–Trinajstić information content (AvgIpc) is 2.49. The summed E-state index contributed by atoms with van der Waals surface area (Å²) in [5.74, 6) is 6.51. The lowest BCUT2D eigenvalue weighted by molar-refractivity contribution is -0.121. The van der Waals surface area contributed by atoms with Crippen molar-refractivity contribution in [3.8, 4) is 11.8 Å². The maximum absolute atomic E-state index is 11.7. The molecule has 84 valence electrons. The maximum atomic E-state index is 11.7. The van der Waals surface area contributed by atoms with Gasteiger partial charge < -0.3 is 5.73 Å². The Hall–Kier alpha value is -0.810.